The summed E-state index contributed by atoms with van der Waals surface area (Å²) in [7, 11) is -4.11. The highest BCUT2D eigenvalue weighted by atomic mass is 28.4. The number of rotatable bonds is 7. The Labute approximate surface area is 184 Å². The Hall–Kier alpha value is -2.15. The van der Waals surface area contributed by atoms with E-state index < -0.39 is 16.6 Å². The zero-order valence-corrected chi connectivity index (χ0v) is 21.1. The molecular formula is C26H34O2Si2. The van der Waals surface area contributed by atoms with Gasteiger partial charge in [-0.25, -0.2) is 0 Å². The van der Waals surface area contributed by atoms with E-state index in [1.54, 1.807) is 0 Å². The zero-order chi connectivity index (χ0) is 21.8. The fourth-order valence-corrected chi connectivity index (χ4v) is 9.34. The topological polar surface area (TPSA) is 18.5 Å². The maximum absolute atomic E-state index is 7.00. The van der Waals surface area contributed by atoms with Crippen molar-refractivity contribution in [1.29, 1.82) is 0 Å². The first-order valence-corrected chi connectivity index (χ1v) is 16.0. The lowest BCUT2D eigenvalue weighted by atomic mass is 10.2. The molecule has 0 N–H and O–H groups in total. The van der Waals surface area contributed by atoms with Gasteiger partial charge in [0.25, 0.3) is 8.32 Å². The second kappa shape index (κ2) is 8.92. The summed E-state index contributed by atoms with van der Waals surface area (Å²) in [5.41, 5.74) is 1.17. The Balaban J connectivity index is 1.96. The maximum atomic E-state index is 7.00. The van der Waals surface area contributed by atoms with Gasteiger partial charge in [0.2, 0.25) is 8.32 Å². The van der Waals surface area contributed by atoms with Crippen LogP contribution >= 0.6 is 0 Å². The molecular weight excluding hydrogens is 400 g/mol. The van der Waals surface area contributed by atoms with Crippen LogP contribution in [0, 0.1) is 0 Å². The van der Waals surface area contributed by atoms with Crippen LogP contribution in [-0.4, -0.2) is 16.6 Å². The van der Waals surface area contributed by atoms with E-state index in [2.05, 4.69) is 125 Å². The van der Waals surface area contributed by atoms with Gasteiger partial charge in [-0.15, -0.1) is 0 Å². The van der Waals surface area contributed by atoms with Gasteiger partial charge in [-0.2, -0.15) is 0 Å². The van der Waals surface area contributed by atoms with E-state index in [9.17, 15) is 0 Å². The summed E-state index contributed by atoms with van der Waals surface area (Å²) in [6.45, 7) is 14.1. The van der Waals surface area contributed by atoms with E-state index >= 15 is 0 Å². The van der Waals surface area contributed by atoms with Crippen LogP contribution in [0.2, 0.25) is 24.7 Å². The molecule has 0 aromatic heterocycles. The van der Waals surface area contributed by atoms with E-state index in [1.807, 2.05) is 0 Å². The lowest BCUT2D eigenvalue weighted by molar-refractivity contribution is 0.286. The van der Waals surface area contributed by atoms with Crippen molar-refractivity contribution >= 4 is 27.0 Å². The van der Waals surface area contributed by atoms with Gasteiger partial charge in [0, 0.05) is 0 Å². The molecule has 3 rings (SSSR count). The summed E-state index contributed by atoms with van der Waals surface area (Å²) in [6, 6.07) is 30.0. The van der Waals surface area contributed by atoms with E-state index in [4.69, 9.17) is 8.85 Å². The minimum Gasteiger partial charge on any atom is -0.544 e. The Bertz CT molecular complexity index is 885. The molecule has 3 aromatic carbocycles. The summed E-state index contributed by atoms with van der Waals surface area (Å²) in [5.74, 6) is 0.948. The lowest BCUT2D eigenvalue weighted by Crippen LogP contribution is -2.66. The summed E-state index contributed by atoms with van der Waals surface area (Å²) < 4.78 is 13.1. The van der Waals surface area contributed by atoms with Gasteiger partial charge < -0.3 is 8.85 Å². The molecule has 0 bridgehead atoms. The molecule has 0 unspecified atom stereocenters. The second-order valence-electron chi connectivity index (χ2n) is 9.81. The highest BCUT2D eigenvalue weighted by molar-refractivity contribution is 6.99. The van der Waals surface area contributed by atoms with Crippen molar-refractivity contribution in [2.45, 2.75) is 52.1 Å². The first-order valence-electron chi connectivity index (χ1n) is 10.6. The molecule has 0 heterocycles. The molecule has 0 atom stereocenters. The van der Waals surface area contributed by atoms with Gasteiger partial charge >= 0.3 is 0 Å². The van der Waals surface area contributed by atoms with Crippen LogP contribution in [0.25, 0.3) is 0 Å². The van der Waals surface area contributed by atoms with E-state index in [1.165, 1.54) is 15.9 Å². The largest absolute Gasteiger partial charge is 0.544 e. The monoisotopic (exact) mass is 434 g/mol. The smallest absolute Gasteiger partial charge is 0.261 e. The first kappa shape index (κ1) is 22.5. The molecule has 0 aliphatic heterocycles. The third-order valence-corrected chi connectivity index (χ3v) is 11.1. The van der Waals surface area contributed by atoms with Gasteiger partial charge in [-0.1, -0.05) is 93.6 Å². The number of hydrogen-bond donors (Lipinski definition) is 0. The predicted octanol–water partition coefficient (Wildman–Crippen LogP) is 5.98. The van der Waals surface area contributed by atoms with Crippen LogP contribution in [0.5, 0.6) is 5.75 Å². The zero-order valence-electron chi connectivity index (χ0n) is 19.1. The van der Waals surface area contributed by atoms with Gasteiger partial charge in [-0.3, -0.25) is 0 Å². The van der Waals surface area contributed by atoms with Crippen molar-refractivity contribution in [2.75, 3.05) is 0 Å². The quantitative estimate of drug-likeness (QED) is 0.426. The average molecular weight is 435 g/mol. The minimum absolute atomic E-state index is 0.0173. The second-order valence-corrected chi connectivity index (χ2v) is 18.5. The summed E-state index contributed by atoms with van der Waals surface area (Å²) in [5, 5.41) is 2.60. The highest BCUT2D eigenvalue weighted by Crippen LogP contribution is 2.37. The van der Waals surface area contributed by atoms with Gasteiger partial charge in [0.15, 0.2) is 0 Å². The van der Waals surface area contributed by atoms with Crippen molar-refractivity contribution in [1.82, 2.24) is 0 Å². The Morgan fingerprint density at radius 1 is 0.667 bits per heavy atom. The van der Waals surface area contributed by atoms with Crippen LogP contribution in [-0.2, 0) is 11.0 Å². The van der Waals surface area contributed by atoms with Crippen LogP contribution in [0.15, 0.2) is 84.9 Å². The SMILES string of the molecule is CC(C)(C)[Si](OCc1ccc(O[Si](C)(C)C)cc1)(c1ccccc1)c1ccccc1. The Kier molecular flexibility index (Phi) is 6.70. The lowest BCUT2D eigenvalue weighted by Gasteiger charge is -2.43. The van der Waals surface area contributed by atoms with Crippen LogP contribution in [0.3, 0.4) is 0 Å². The molecule has 158 valence electrons. The summed E-state index contributed by atoms with van der Waals surface area (Å²) >= 11 is 0. The van der Waals surface area contributed by atoms with Crippen molar-refractivity contribution in [2.24, 2.45) is 0 Å². The van der Waals surface area contributed by atoms with Gasteiger partial charge in [0.1, 0.15) is 5.75 Å². The molecule has 3 aromatic rings. The molecule has 4 heteroatoms. The van der Waals surface area contributed by atoms with Crippen molar-refractivity contribution in [3.8, 4) is 5.75 Å². The third kappa shape index (κ3) is 5.12. The highest BCUT2D eigenvalue weighted by Gasteiger charge is 2.50. The molecule has 0 spiro atoms. The predicted molar refractivity (Wildman–Crippen MR) is 133 cm³/mol. The molecule has 0 saturated carbocycles. The third-order valence-electron chi connectivity index (χ3n) is 5.22. The molecule has 2 nitrogen and oxygen atoms in total. The molecule has 0 saturated heterocycles. The normalized spacial score (nSPS) is 12.6. The van der Waals surface area contributed by atoms with Gasteiger partial charge in [0.05, 0.1) is 6.61 Å². The van der Waals surface area contributed by atoms with Crippen molar-refractivity contribution in [3.63, 3.8) is 0 Å². The van der Waals surface area contributed by atoms with Crippen LogP contribution < -0.4 is 14.8 Å². The van der Waals surface area contributed by atoms with E-state index in [-0.39, 0.29) is 5.04 Å². The average Bonchev–Trinajstić information content (AvgIpc) is 2.69. The molecule has 30 heavy (non-hydrogen) atoms. The molecule has 0 aliphatic carbocycles. The Morgan fingerprint density at radius 2 is 1.13 bits per heavy atom. The minimum atomic E-state index is -2.51. The number of benzene rings is 3. The molecule has 0 radical (unpaired) electrons. The van der Waals surface area contributed by atoms with Crippen LogP contribution in [0.1, 0.15) is 26.3 Å². The maximum Gasteiger partial charge on any atom is 0.261 e. The Morgan fingerprint density at radius 3 is 1.53 bits per heavy atom. The fraction of sp³-hybridized carbons (Fsp3) is 0.308. The standard InChI is InChI=1S/C26H34O2Si2/c1-26(2,3)30(24-13-9-7-10-14-24,25-15-11-8-12-16-25)27-21-22-17-19-23(20-18-22)28-29(4,5)6/h7-20H,21H2,1-6H3. The van der Waals surface area contributed by atoms with Crippen molar-refractivity contribution < 1.29 is 8.85 Å². The molecule has 0 aliphatic rings. The number of hydrogen-bond acceptors (Lipinski definition) is 2. The summed E-state index contributed by atoms with van der Waals surface area (Å²) in [4.78, 5) is 0. The summed E-state index contributed by atoms with van der Waals surface area (Å²) in [6.07, 6.45) is 0. The first-order chi connectivity index (χ1) is 14.1. The fourth-order valence-electron chi connectivity index (χ4n) is 3.96. The molecule has 0 amide bonds. The van der Waals surface area contributed by atoms with Crippen molar-refractivity contribution in [3.05, 3.63) is 90.5 Å². The molecule has 0 fully saturated rings. The van der Waals surface area contributed by atoms with E-state index in [0.29, 0.717) is 6.61 Å². The van der Waals surface area contributed by atoms with E-state index in [0.717, 1.165) is 5.75 Å². The van der Waals surface area contributed by atoms with Crippen LogP contribution in [0.4, 0.5) is 0 Å². The van der Waals surface area contributed by atoms with Gasteiger partial charge in [-0.05, 0) is 52.7 Å².